The molecule has 3 N–H and O–H groups in total. The first kappa shape index (κ1) is 10.9. The van der Waals surface area contributed by atoms with Crippen molar-refractivity contribution in [1.82, 2.24) is 0 Å². The summed E-state index contributed by atoms with van der Waals surface area (Å²) in [6, 6.07) is 0. The SMILES string of the molecule is CCO.O[C@@H]1CO[C@H]2[C@@H]1OC[C@H]2O. The van der Waals surface area contributed by atoms with Crippen molar-refractivity contribution in [2.45, 2.75) is 31.3 Å². The molecule has 0 aliphatic carbocycles. The van der Waals surface area contributed by atoms with Gasteiger partial charge in [0, 0.05) is 6.61 Å². The first-order valence-electron chi connectivity index (χ1n) is 4.40. The lowest BCUT2D eigenvalue weighted by Gasteiger charge is -2.09. The summed E-state index contributed by atoms with van der Waals surface area (Å²) in [6.07, 6.45) is -1.70. The molecule has 0 bridgehead atoms. The summed E-state index contributed by atoms with van der Waals surface area (Å²) >= 11 is 0. The molecule has 5 nitrogen and oxygen atoms in total. The summed E-state index contributed by atoms with van der Waals surface area (Å²) in [5.74, 6) is 0. The molecule has 0 spiro atoms. The number of aliphatic hydroxyl groups excluding tert-OH is 3. The molecule has 2 rings (SSSR count). The Bertz CT molecular complexity index is 135. The third-order valence-electron chi connectivity index (χ3n) is 2.00. The van der Waals surface area contributed by atoms with E-state index in [4.69, 9.17) is 24.8 Å². The highest BCUT2D eigenvalue weighted by molar-refractivity contribution is 4.93. The quantitative estimate of drug-likeness (QED) is 0.435. The third-order valence-corrected chi connectivity index (χ3v) is 2.00. The second kappa shape index (κ2) is 4.88. The molecule has 4 atom stereocenters. The number of ether oxygens (including phenoxy) is 2. The van der Waals surface area contributed by atoms with Gasteiger partial charge in [-0.15, -0.1) is 0 Å². The molecule has 2 aliphatic heterocycles. The van der Waals surface area contributed by atoms with Crippen molar-refractivity contribution in [3.8, 4) is 0 Å². The van der Waals surface area contributed by atoms with Crippen LogP contribution in [-0.4, -0.2) is 59.6 Å². The van der Waals surface area contributed by atoms with Crippen LogP contribution >= 0.6 is 0 Å². The van der Waals surface area contributed by atoms with E-state index in [1.165, 1.54) is 0 Å². The smallest absolute Gasteiger partial charge is 0.114 e. The van der Waals surface area contributed by atoms with Crippen molar-refractivity contribution in [2.24, 2.45) is 0 Å². The number of rotatable bonds is 0. The Balaban J connectivity index is 0.000000251. The average molecular weight is 192 g/mol. The van der Waals surface area contributed by atoms with E-state index in [1.54, 1.807) is 6.92 Å². The van der Waals surface area contributed by atoms with E-state index in [-0.39, 0.29) is 32.0 Å². The van der Waals surface area contributed by atoms with Gasteiger partial charge in [-0.1, -0.05) is 0 Å². The fourth-order valence-corrected chi connectivity index (χ4v) is 1.46. The van der Waals surface area contributed by atoms with Crippen molar-refractivity contribution in [2.75, 3.05) is 19.8 Å². The Labute approximate surface area is 76.9 Å². The summed E-state index contributed by atoms with van der Waals surface area (Å²) < 4.78 is 10.2. The summed E-state index contributed by atoms with van der Waals surface area (Å²) in [4.78, 5) is 0. The highest BCUT2D eigenvalue weighted by Gasteiger charge is 2.46. The van der Waals surface area contributed by atoms with Gasteiger partial charge in [0.2, 0.25) is 0 Å². The minimum absolute atomic E-state index is 0.250. The van der Waals surface area contributed by atoms with Crippen LogP contribution in [0, 0.1) is 0 Å². The minimum Gasteiger partial charge on any atom is -0.397 e. The highest BCUT2D eigenvalue weighted by atomic mass is 16.6. The Kier molecular flexibility index (Phi) is 4.08. The van der Waals surface area contributed by atoms with Crippen LogP contribution in [0.15, 0.2) is 0 Å². The summed E-state index contributed by atoms with van der Waals surface area (Å²) in [7, 11) is 0. The van der Waals surface area contributed by atoms with Crippen LogP contribution in [-0.2, 0) is 9.47 Å². The Hall–Kier alpha value is -0.200. The molecule has 2 aliphatic rings. The average Bonchev–Trinajstić information content (AvgIpc) is 2.60. The number of hydrogen-bond donors (Lipinski definition) is 3. The summed E-state index contributed by atoms with van der Waals surface area (Å²) in [5.41, 5.74) is 0. The Morgan fingerprint density at radius 3 is 1.69 bits per heavy atom. The lowest BCUT2D eigenvalue weighted by atomic mass is 10.1. The minimum atomic E-state index is -0.554. The van der Waals surface area contributed by atoms with E-state index in [0.717, 1.165) is 0 Å². The van der Waals surface area contributed by atoms with Crippen molar-refractivity contribution in [3.05, 3.63) is 0 Å². The lowest BCUT2D eigenvalue weighted by molar-refractivity contribution is 0.00205. The fourth-order valence-electron chi connectivity index (χ4n) is 1.46. The highest BCUT2D eigenvalue weighted by Crippen LogP contribution is 2.26. The van der Waals surface area contributed by atoms with Crippen molar-refractivity contribution in [1.29, 1.82) is 0 Å². The van der Waals surface area contributed by atoms with Crippen LogP contribution in [0.4, 0.5) is 0 Å². The van der Waals surface area contributed by atoms with E-state index < -0.39 is 12.2 Å². The van der Waals surface area contributed by atoms with Crippen LogP contribution in [0.3, 0.4) is 0 Å². The van der Waals surface area contributed by atoms with Crippen molar-refractivity contribution < 1.29 is 24.8 Å². The molecule has 13 heavy (non-hydrogen) atoms. The standard InChI is InChI=1S/C6H10O4.C2H6O/c7-3-1-9-6-4(8)2-10-5(3)6;1-2-3/h3-8H,1-2H2;3H,2H2,1H3/t3-,4-,5-,6-;/m1./s1. The normalized spacial score (nSPS) is 42.5. The monoisotopic (exact) mass is 192 g/mol. The van der Waals surface area contributed by atoms with Gasteiger partial charge in [-0.05, 0) is 6.92 Å². The molecule has 0 radical (unpaired) electrons. The maximum Gasteiger partial charge on any atom is 0.114 e. The van der Waals surface area contributed by atoms with E-state index >= 15 is 0 Å². The van der Waals surface area contributed by atoms with Crippen LogP contribution in [0.25, 0.3) is 0 Å². The number of hydrogen-bond acceptors (Lipinski definition) is 5. The van der Waals surface area contributed by atoms with Gasteiger partial charge in [-0.25, -0.2) is 0 Å². The van der Waals surface area contributed by atoms with Crippen LogP contribution in [0.2, 0.25) is 0 Å². The Morgan fingerprint density at radius 2 is 1.38 bits per heavy atom. The molecular weight excluding hydrogens is 176 g/mol. The number of aliphatic hydroxyl groups is 3. The summed E-state index contributed by atoms with van der Waals surface area (Å²) in [6.45, 7) is 2.50. The molecule has 0 aromatic rings. The van der Waals surface area contributed by atoms with Crippen LogP contribution in [0.5, 0.6) is 0 Å². The zero-order valence-electron chi connectivity index (χ0n) is 7.59. The second-order valence-corrected chi connectivity index (χ2v) is 3.05. The molecule has 0 amide bonds. The molecule has 78 valence electrons. The maximum atomic E-state index is 9.16. The van der Waals surface area contributed by atoms with Crippen LogP contribution < -0.4 is 0 Å². The second-order valence-electron chi connectivity index (χ2n) is 3.05. The van der Waals surface area contributed by atoms with E-state index in [1.807, 2.05) is 0 Å². The molecule has 2 heterocycles. The largest absolute Gasteiger partial charge is 0.397 e. The zero-order valence-corrected chi connectivity index (χ0v) is 7.59. The fraction of sp³-hybridized carbons (Fsp3) is 1.00. The van der Waals surface area contributed by atoms with Gasteiger partial charge >= 0.3 is 0 Å². The maximum absolute atomic E-state index is 9.16. The third kappa shape index (κ3) is 2.38. The van der Waals surface area contributed by atoms with Gasteiger partial charge in [0.05, 0.1) is 13.2 Å². The summed E-state index contributed by atoms with van der Waals surface area (Å²) in [5, 5.41) is 25.9. The van der Waals surface area contributed by atoms with E-state index in [0.29, 0.717) is 0 Å². The first-order chi connectivity index (χ1) is 6.20. The van der Waals surface area contributed by atoms with Gasteiger partial charge < -0.3 is 24.8 Å². The zero-order chi connectivity index (χ0) is 9.84. The lowest BCUT2D eigenvalue weighted by Crippen LogP contribution is -2.30. The van der Waals surface area contributed by atoms with Gasteiger partial charge in [0.15, 0.2) is 0 Å². The Morgan fingerprint density at radius 1 is 1.08 bits per heavy atom. The van der Waals surface area contributed by atoms with E-state index in [9.17, 15) is 0 Å². The van der Waals surface area contributed by atoms with Crippen molar-refractivity contribution >= 4 is 0 Å². The topological polar surface area (TPSA) is 79.2 Å². The molecule has 2 fully saturated rings. The van der Waals surface area contributed by atoms with Crippen LogP contribution in [0.1, 0.15) is 6.92 Å². The first-order valence-corrected chi connectivity index (χ1v) is 4.40. The molecule has 0 aromatic carbocycles. The molecule has 2 saturated heterocycles. The predicted octanol–water partition coefficient (Wildman–Crippen LogP) is -1.50. The molecule has 5 heteroatoms. The van der Waals surface area contributed by atoms with Crippen molar-refractivity contribution in [3.63, 3.8) is 0 Å². The van der Waals surface area contributed by atoms with Gasteiger partial charge in [0.25, 0.3) is 0 Å². The van der Waals surface area contributed by atoms with Gasteiger partial charge in [-0.2, -0.15) is 0 Å². The number of fused-ring (bicyclic) bond motifs is 1. The molecule has 0 saturated carbocycles. The van der Waals surface area contributed by atoms with Gasteiger partial charge in [0.1, 0.15) is 24.4 Å². The van der Waals surface area contributed by atoms with E-state index in [2.05, 4.69) is 0 Å². The molecule has 0 unspecified atom stereocenters. The molecular formula is C8H16O5. The molecule has 0 aromatic heterocycles. The van der Waals surface area contributed by atoms with Gasteiger partial charge in [-0.3, -0.25) is 0 Å². The predicted molar refractivity (Wildman–Crippen MR) is 44.3 cm³/mol.